The number of epoxide rings is 1. The van der Waals surface area contributed by atoms with Crippen molar-refractivity contribution in [1.82, 2.24) is 0 Å². The maximum atomic E-state index is 12.7. The first-order chi connectivity index (χ1) is 24.5. The number of phosphoric ester groups is 1. The number of unbranched alkanes of at least 4 members (excludes halogenated alkanes) is 17. The molecule has 1 N–H and O–H groups in total. The monoisotopic (exact) mass is 747 g/mol. The summed E-state index contributed by atoms with van der Waals surface area (Å²) in [6, 6.07) is 0. The lowest BCUT2D eigenvalue weighted by Crippen LogP contribution is -2.37. The van der Waals surface area contributed by atoms with Crippen LogP contribution < -0.4 is 0 Å². The van der Waals surface area contributed by atoms with Crippen molar-refractivity contribution in [2.24, 2.45) is 0 Å². The number of ether oxygens (including phenoxy) is 3. The Labute approximate surface area is 311 Å². The average molecular weight is 747 g/mol. The number of carbonyl (C=O) groups is 2. The molecule has 1 heterocycles. The molecule has 10 nitrogen and oxygen atoms in total. The third-order valence-electron chi connectivity index (χ3n) is 9.22. The highest BCUT2D eigenvalue weighted by atomic mass is 31.2. The number of likely N-dealkylation sites (N-methyl/N-ethyl adjacent to an activating group) is 1. The van der Waals surface area contributed by atoms with E-state index in [9.17, 15) is 19.0 Å². The summed E-state index contributed by atoms with van der Waals surface area (Å²) in [5, 5.41) is 0. The van der Waals surface area contributed by atoms with Gasteiger partial charge in [0, 0.05) is 12.8 Å². The number of allylic oxidation sites excluding steroid dienone is 1. The number of hydrogen-bond donors (Lipinski definition) is 1. The van der Waals surface area contributed by atoms with E-state index in [1.807, 2.05) is 21.1 Å². The SMILES string of the molecule is CCCCCCCCCCCCCC(=O)OC[C@H](COP(=O)(O)OCC[N+](C)(C)C)OC(=O)CCCCCCC/C=C\CC1OC1CCCCC. The summed E-state index contributed by atoms with van der Waals surface area (Å²) in [6.45, 7) is 4.36. The smallest absolute Gasteiger partial charge is 0.462 e. The molecule has 0 aromatic heterocycles. The van der Waals surface area contributed by atoms with Gasteiger partial charge in [-0.3, -0.25) is 18.6 Å². The summed E-state index contributed by atoms with van der Waals surface area (Å²) in [5.41, 5.74) is 0. The fourth-order valence-corrected chi connectivity index (χ4v) is 6.58. The molecule has 0 aromatic rings. The van der Waals surface area contributed by atoms with Crippen LogP contribution in [0.15, 0.2) is 12.2 Å². The Hall–Kier alpha value is -1.29. The Bertz CT molecular complexity index is 955. The van der Waals surface area contributed by atoms with Gasteiger partial charge in [-0.25, -0.2) is 4.57 Å². The van der Waals surface area contributed by atoms with E-state index in [0.717, 1.165) is 57.8 Å². The van der Waals surface area contributed by atoms with Crippen molar-refractivity contribution in [3.8, 4) is 0 Å². The average Bonchev–Trinajstić information content (AvgIpc) is 3.82. The minimum Gasteiger partial charge on any atom is -0.462 e. The molecule has 0 aromatic carbocycles. The van der Waals surface area contributed by atoms with E-state index < -0.39 is 26.5 Å². The van der Waals surface area contributed by atoms with E-state index in [2.05, 4.69) is 26.0 Å². The molecule has 0 aliphatic carbocycles. The van der Waals surface area contributed by atoms with E-state index in [1.165, 1.54) is 77.0 Å². The first kappa shape index (κ1) is 47.7. The second-order valence-electron chi connectivity index (χ2n) is 15.4. The lowest BCUT2D eigenvalue weighted by Gasteiger charge is -2.24. The van der Waals surface area contributed by atoms with Crippen molar-refractivity contribution >= 4 is 19.8 Å². The number of carbonyl (C=O) groups excluding carboxylic acids is 2. The lowest BCUT2D eigenvalue weighted by atomic mass is 10.1. The molecule has 1 fully saturated rings. The molecule has 1 aliphatic rings. The van der Waals surface area contributed by atoms with Crippen molar-refractivity contribution in [3.05, 3.63) is 12.2 Å². The van der Waals surface area contributed by atoms with E-state index >= 15 is 0 Å². The number of esters is 2. The normalized spacial score (nSPS) is 17.8. The summed E-state index contributed by atoms with van der Waals surface area (Å²) in [5.74, 6) is -0.817. The zero-order valence-electron chi connectivity index (χ0n) is 33.3. The predicted octanol–water partition coefficient (Wildman–Crippen LogP) is 10.0. The van der Waals surface area contributed by atoms with Crippen molar-refractivity contribution in [2.45, 2.75) is 186 Å². The number of nitrogens with zero attached hydrogens (tertiary/aromatic N) is 1. The van der Waals surface area contributed by atoms with E-state index in [4.69, 9.17) is 23.3 Å². The number of quaternary nitrogens is 1. The first-order valence-electron chi connectivity index (χ1n) is 20.5. The molecule has 0 spiro atoms. The predicted molar refractivity (Wildman–Crippen MR) is 205 cm³/mol. The summed E-state index contributed by atoms with van der Waals surface area (Å²) in [6.07, 6.45) is 30.0. The number of rotatable bonds is 36. The van der Waals surface area contributed by atoms with E-state index in [0.29, 0.717) is 29.7 Å². The summed E-state index contributed by atoms with van der Waals surface area (Å²) in [7, 11) is 1.46. The molecule has 11 heteroatoms. The van der Waals surface area contributed by atoms with Gasteiger partial charge in [-0.1, -0.05) is 129 Å². The topological polar surface area (TPSA) is 121 Å². The highest BCUT2D eigenvalue weighted by Gasteiger charge is 2.36. The fraction of sp³-hybridized carbons (Fsp3) is 0.900. The highest BCUT2D eigenvalue weighted by molar-refractivity contribution is 7.47. The van der Waals surface area contributed by atoms with Crippen LogP contribution in [0.5, 0.6) is 0 Å². The van der Waals surface area contributed by atoms with Crippen LogP contribution in [0.2, 0.25) is 0 Å². The third-order valence-corrected chi connectivity index (χ3v) is 10.2. The summed E-state index contributed by atoms with van der Waals surface area (Å²) < 4.78 is 39.9. The Balaban J connectivity index is 2.30. The van der Waals surface area contributed by atoms with Gasteiger partial charge in [0.15, 0.2) is 6.10 Å². The van der Waals surface area contributed by atoms with Gasteiger partial charge in [-0.05, 0) is 38.5 Å². The standard InChI is InChI=1S/C40H76NO9P/c1-6-8-10-11-12-13-14-15-19-22-26-30-39(42)46-34-36(35-48-51(44,45)47-33-32-41(3,4)5)49-40(43)31-27-23-20-17-16-18-21-25-29-38-37(50-38)28-24-9-7-2/h21,25,36-38H,6-20,22-24,26-35H2,1-5H3/p+1/b25-21-/t36-,37?,38?/m1/s1. The molecule has 51 heavy (non-hydrogen) atoms. The maximum Gasteiger partial charge on any atom is 0.472 e. The molecule has 0 saturated carbocycles. The Morgan fingerprint density at radius 2 is 1.25 bits per heavy atom. The Morgan fingerprint density at radius 3 is 1.86 bits per heavy atom. The van der Waals surface area contributed by atoms with Crippen LogP contribution in [0.3, 0.4) is 0 Å². The van der Waals surface area contributed by atoms with Gasteiger partial charge in [-0.15, -0.1) is 0 Å². The largest absolute Gasteiger partial charge is 0.472 e. The molecular formula is C40H77NO9P+. The first-order valence-corrected chi connectivity index (χ1v) is 22.0. The van der Waals surface area contributed by atoms with Crippen LogP contribution in [0.4, 0.5) is 0 Å². The fourth-order valence-electron chi connectivity index (χ4n) is 5.84. The van der Waals surface area contributed by atoms with Crippen LogP contribution in [0.25, 0.3) is 0 Å². The van der Waals surface area contributed by atoms with Crippen LogP contribution in [-0.4, -0.2) is 87.1 Å². The van der Waals surface area contributed by atoms with E-state index in [-0.39, 0.29) is 32.0 Å². The van der Waals surface area contributed by atoms with Gasteiger partial charge >= 0.3 is 19.8 Å². The number of phosphoric acid groups is 1. The number of hydrogen-bond acceptors (Lipinski definition) is 8. The summed E-state index contributed by atoms with van der Waals surface area (Å²) >= 11 is 0. The van der Waals surface area contributed by atoms with Gasteiger partial charge in [0.1, 0.15) is 19.8 Å². The zero-order chi connectivity index (χ0) is 37.6. The molecule has 3 unspecified atom stereocenters. The molecular weight excluding hydrogens is 669 g/mol. The van der Waals surface area contributed by atoms with Gasteiger partial charge in [0.2, 0.25) is 0 Å². The van der Waals surface area contributed by atoms with Crippen LogP contribution >= 0.6 is 7.82 Å². The van der Waals surface area contributed by atoms with Gasteiger partial charge < -0.3 is 23.6 Å². The Kier molecular flexibility index (Phi) is 28.2. The molecule has 0 radical (unpaired) electrons. The zero-order valence-corrected chi connectivity index (χ0v) is 34.2. The van der Waals surface area contributed by atoms with Crippen LogP contribution in [0, 0.1) is 0 Å². The lowest BCUT2D eigenvalue weighted by molar-refractivity contribution is -0.870. The second kappa shape index (κ2) is 30.1. The second-order valence-corrected chi connectivity index (χ2v) is 16.9. The van der Waals surface area contributed by atoms with Crippen LogP contribution in [-0.2, 0) is 37.4 Å². The molecule has 1 rings (SSSR count). The van der Waals surface area contributed by atoms with Crippen molar-refractivity contribution in [1.29, 1.82) is 0 Å². The van der Waals surface area contributed by atoms with Gasteiger partial charge in [-0.2, -0.15) is 0 Å². The van der Waals surface area contributed by atoms with Gasteiger partial charge in [0.25, 0.3) is 0 Å². The third kappa shape index (κ3) is 30.8. The maximum absolute atomic E-state index is 12.7. The molecule has 0 bridgehead atoms. The summed E-state index contributed by atoms with van der Waals surface area (Å²) in [4.78, 5) is 35.2. The highest BCUT2D eigenvalue weighted by Crippen LogP contribution is 2.43. The molecule has 1 aliphatic heterocycles. The molecule has 4 atom stereocenters. The molecule has 300 valence electrons. The van der Waals surface area contributed by atoms with Crippen molar-refractivity contribution in [2.75, 3.05) is 47.5 Å². The minimum absolute atomic E-state index is 0.0288. The minimum atomic E-state index is -4.37. The van der Waals surface area contributed by atoms with Gasteiger partial charge in [0.05, 0.1) is 40.0 Å². The van der Waals surface area contributed by atoms with Crippen molar-refractivity contribution in [3.63, 3.8) is 0 Å². The van der Waals surface area contributed by atoms with Crippen LogP contribution in [0.1, 0.15) is 168 Å². The van der Waals surface area contributed by atoms with Crippen molar-refractivity contribution < 1.29 is 46.8 Å². The Morgan fingerprint density at radius 1 is 0.706 bits per heavy atom. The molecule has 1 saturated heterocycles. The molecule has 0 amide bonds. The quantitative estimate of drug-likeness (QED) is 0.0167. The van der Waals surface area contributed by atoms with E-state index in [1.54, 1.807) is 0 Å².